The van der Waals surface area contributed by atoms with Crippen LogP contribution in [0.3, 0.4) is 0 Å². The van der Waals surface area contributed by atoms with Crippen LogP contribution in [0.25, 0.3) is 10.9 Å². The van der Waals surface area contributed by atoms with Crippen molar-refractivity contribution in [3.05, 3.63) is 34.4 Å². The van der Waals surface area contributed by atoms with E-state index in [-0.39, 0.29) is 12.6 Å². The minimum absolute atomic E-state index is 0.227. The molecule has 1 aromatic carbocycles. The number of carbonyl (C=O) groups excluding carboxylic acids is 1. The first-order valence-electron chi connectivity index (χ1n) is 4.76. The van der Waals surface area contributed by atoms with Crippen LogP contribution in [0.1, 0.15) is 10.5 Å². The predicted molar refractivity (Wildman–Crippen MR) is 65.2 cm³/mol. The van der Waals surface area contributed by atoms with Crippen molar-refractivity contribution in [2.24, 2.45) is 0 Å². The summed E-state index contributed by atoms with van der Waals surface area (Å²) in [6, 6.07) is 7.52. The van der Waals surface area contributed by atoms with Crippen molar-refractivity contribution in [2.75, 3.05) is 13.8 Å². The van der Waals surface area contributed by atoms with E-state index in [1.807, 2.05) is 18.2 Å². The Kier molecular flexibility index (Phi) is 2.98. The highest BCUT2D eigenvalue weighted by Gasteiger charge is 2.13. The molecule has 0 aliphatic heterocycles. The van der Waals surface area contributed by atoms with Gasteiger partial charge in [-0.2, -0.15) is 0 Å². The molecule has 1 heterocycles. The van der Waals surface area contributed by atoms with E-state index >= 15 is 0 Å². The van der Waals surface area contributed by atoms with E-state index in [9.17, 15) is 4.79 Å². The molecular weight excluding hydrogens is 272 g/mol. The number of benzene rings is 1. The smallest absolute Gasteiger partial charge is 0.271 e. The summed E-state index contributed by atoms with van der Waals surface area (Å²) in [6.07, 6.45) is 0. The molecule has 0 atom stereocenters. The average molecular weight is 283 g/mol. The van der Waals surface area contributed by atoms with Gasteiger partial charge in [-0.15, -0.1) is 0 Å². The number of aliphatic hydroxyl groups excluding tert-OH is 1. The minimum atomic E-state index is -0.294. The third-order valence-corrected chi connectivity index (χ3v) is 2.87. The van der Waals surface area contributed by atoms with Crippen LogP contribution in [-0.2, 0) is 0 Å². The molecular formula is C11H11BrN2O2. The number of nitrogens with zero attached hydrogens (tertiary/aromatic N) is 1. The monoisotopic (exact) mass is 282 g/mol. The number of aliphatic hydroxyl groups is 1. The predicted octanol–water partition coefficient (Wildman–Crippen LogP) is 1.95. The van der Waals surface area contributed by atoms with Gasteiger partial charge in [-0.05, 0) is 18.2 Å². The molecule has 2 aromatic rings. The number of carbonyl (C=O) groups is 1. The Bertz CT molecular complexity index is 536. The maximum atomic E-state index is 11.8. The van der Waals surface area contributed by atoms with Crippen LogP contribution in [0.5, 0.6) is 0 Å². The van der Waals surface area contributed by atoms with Crippen LogP contribution in [0.4, 0.5) is 0 Å². The van der Waals surface area contributed by atoms with Crippen molar-refractivity contribution in [3.63, 3.8) is 0 Å². The van der Waals surface area contributed by atoms with Crippen LogP contribution in [0.15, 0.2) is 28.7 Å². The summed E-state index contributed by atoms with van der Waals surface area (Å²) >= 11 is 3.37. The molecule has 0 radical (unpaired) electrons. The van der Waals surface area contributed by atoms with E-state index in [0.717, 1.165) is 15.4 Å². The maximum absolute atomic E-state index is 11.8. The lowest BCUT2D eigenvalue weighted by Gasteiger charge is -2.11. The maximum Gasteiger partial charge on any atom is 0.271 e. The van der Waals surface area contributed by atoms with Gasteiger partial charge in [-0.25, -0.2) is 0 Å². The van der Waals surface area contributed by atoms with Crippen molar-refractivity contribution in [2.45, 2.75) is 0 Å². The molecule has 0 fully saturated rings. The van der Waals surface area contributed by atoms with Crippen LogP contribution >= 0.6 is 15.9 Å². The number of amides is 1. The van der Waals surface area contributed by atoms with Gasteiger partial charge in [-0.1, -0.05) is 22.0 Å². The summed E-state index contributed by atoms with van der Waals surface area (Å²) in [4.78, 5) is 16.0. The topological polar surface area (TPSA) is 56.3 Å². The van der Waals surface area contributed by atoms with Crippen LogP contribution in [0.2, 0.25) is 0 Å². The molecule has 0 unspecified atom stereocenters. The van der Waals surface area contributed by atoms with E-state index in [1.165, 1.54) is 4.90 Å². The van der Waals surface area contributed by atoms with Crippen LogP contribution in [-0.4, -0.2) is 34.7 Å². The molecule has 5 heteroatoms. The van der Waals surface area contributed by atoms with Crippen LogP contribution in [0, 0.1) is 0 Å². The Balaban J connectivity index is 2.43. The van der Waals surface area contributed by atoms with E-state index in [0.29, 0.717) is 5.69 Å². The van der Waals surface area contributed by atoms with Crippen molar-refractivity contribution in [3.8, 4) is 0 Å². The second-order valence-corrected chi connectivity index (χ2v) is 4.47. The number of hydrogen-bond acceptors (Lipinski definition) is 2. The number of nitrogens with one attached hydrogen (secondary N) is 1. The number of rotatable bonds is 2. The minimum Gasteiger partial charge on any atom is -0.376 e. The summed E-state index contributed by atoms with van der Waals surface area (Å²) in [5.74, 6) is -0.227. The van der Waals surface area contributed by atoms with E-state index in [1.54, 1.807) is 13.1 Å². The third kappa shape index (κ3) is 1.96. The second-order valence-electron chi connectivity index (χ2n) is 3.56. The second kappa shape index (κ2) is 4.27. The van der Waals surface area contributed by atoms with Crippen LogP contribution < -0.4 is 0 Å². The standard InChI is InChI=1S/C11H11BrN2O2/c1-14(6-15)11(16)10-4-7-2-3-8(12)5-9(7)13-10/h2-5,13,15H,6H2,1H3. The van der Waals surface area contributed by atoms with Gasteiger partial charge in [0.05, 0.1) is 0 Å². The van der Waals surface area contributed by atoms with Gasteiger partial charge in [0.15, 0.2) is 0 Å². The molecule has 1 aromatic heterocycles. The number of halogens is 1. The van der Waals surface area contributed by atoms with Gasteiger partial charge in [0.2, 0.25) is 0 Å². The molecule has 0 bridgehead atoms. The molecule has 4 nitrogen and oxygen atoms in total. The lowest BCUT2D eigenvalue weighted by Crippen LogP contribution is -2.27. The molecule has 84 valence electrons. The number of aromatic amines is 1. The Morgan fingerprint density at radius 2 is 2.25 bits per heavy atom. The molecule has 0 saturated heterocycles. The zero-order chi connectivity index (χ0) is 11.7. The number of hydrogen-bond donors (Lipinski definition) is 2. The summed E-state index contributed by atoms with van der Waals surface area (Å²) in [5, 5.41) is 9.84. The Hall–Kier alpha value is -1.33. The highest BCUT2D eigenvalue weighted by atomic mass is 79.9. The first-order chi connectivity index (χ1) is 7.61. The SMILES string of the molecule is CN(CO)C(=O)c1cc2ccc(Br)cc2[nH]1. The van der Waals surface area contributed by atoms with E-state index in [4.69, 9.17) is 5.11 Å². The van der Waals surface area contributed by atoms with Gasteiger partial charge >= 0.3 is 0 Å². The molecule has 0 saturated carbocycles. The molecule has 2 rings (SSSR count). The summed E-state index contributed by atoms with van der Waals surface area (Å²) in [6.45, 7) is -0.294. The zero-order valence-corrected chi connectivity index (χ0v) is 10.3. The van der Waals surface area contributed by atoms with Crippen molar-refractivity contribution in [1.82, 2.24) is 9.88 Å². The van der Waals surface area contributed by atoms with Crippen molar-refractivity contribution >= 4 is 32.7 Å². The van der Waals surface area contributed by atoms with E-state index in [2.05, 4.69) is 20.9 Å². The van der Waals surface area contributed by atoms with E-state index < -0.39 is 0 Å². The Morgan fingerprint density at radius 1 is 1.50 bits per heavy atom. The highest BCUT2D eigenvalue weighted by Crippen LogP contribution is 2.20. The first kappa shape index (κ1) is 11.2. The molecule has 0 aliphatic carbocycles. The molecule has 0 spiro atoms. The lowest BCUT2D eigenvalue weighted by molar-refractivity contribution is 0.0625. The number of fused-ring (bicyclic) bond motifs is 1. The van der Waals surface area contributed by atoms with Gasteiger partial charge in [0, 0.05) is 22.4 Å². The normalized spacial score (nSPS) is 10.7. The number of aromatic nitrogens is 1. The average Bonchev–Trinajstić information content (AvgIpc) is 2.69. The fraction of sp³-hybridized carbons (Fsp3) is 0.182. The lowest BCUT2D eigenvalue weighted by atomic mass is 10.2. The third-order valence-electron chi connectivity index (χ3n) is 2.37. The molecule has 1 amide bonds. The Morgan fingerprint density at radius 3 is 2.94 bits per heavy atom. The summed E-state index contributed by atoms with van der Waals surface area (Å²) in [7, 11) is 1.55. The molecule has 16 heavy (non-hydrogen) atoms. The van der Waals surface area contributed by atoms with Crippen molar-refractivity contribution in [1.29, 1.82) is 0 Å². The Labute approximate surface area is 101 Å². The first-order valence-corrected chi connectivity index (χ1v) is 5.55. The van der Waals surface area contributed by atoms with Crippen molar-refractivity contribution < 1.29 is 9.90 Å². The fourth-order valence-electron chi connectivity index (χ4n) is 1.48. The summed E-state index contributed by atoms with van der Waals surface area (Å²) < 4.78 is 0.955. The quantitative estimate of drug-likeness (QED) is 0.828. The van der Waals surface area contributed by atoms with Gasteiger partial charge in [-0.3, -0.25) is 4.79 Å². The molecule has 0 aliphatic rings. The van der Waals surface area contributed by atoms with Gasteiger partial charge in [0.25, 0.3) is 5.91 Å². The fourth-order valence-corrected chi connectivity index (χ4v) is 1.85. The van der Waals surface area contributed by atoms with Gasteiger partial charge < -0.3 is 15.0 Å². The zero-order valence-electron chi connectivity index (χ0n) is 8.70. The highest BCUT2D eigenvalue weighted by molar-refractivity contribution is 9.10. The van der Waals surface area contributed by atoms with Gasteiger partial charge in [0.1, 0.15) is 12.4 Å². The summed E-state index contributed by atoms with van der Waals surface area (Å²) in [5.41, 5.74) is 1.37. The number of H-pyrrole nitrogens is 1. The largest absolute Gasteiger partial charge is 0.376 e. The molecule has 2 N–H and O–H groups in total.